The molecule has 1 aromatic heterocycles. The van der Waals surface area contributed by atoms with Crippen molar-refractivity contribution in [2.75, 3.05) is 5.32 Å². The average molecular weight is 395 g/mol. The molecule has 8 heteroatoms. The van der Waals surface area contributed by atoms with Crippen molar-refractivity contribution in [2.24, 2.45) is 5.14 Å². The van der Waals surface area contributed by atoms with Crippen LogP contribution in [0.4, 0.5) is 5.69 Å². The third-order valence-corrected chi connectivity index (χ3v) is 5.06. The van der Waals surface area contributed by atoms with Crippen molar-refractivity contribution in [1.82, 2.24) is 0 Å². The number of nitrogens with one attached hydrogen (secondary N) is 1. The molecule has 0 aliphatic heterocycles. The number of carbonyl (C=O) groups is 1. The minimum absolute atomic E-state index is 0.0704. The van der Waals surface area contributed by atoms with Gasteiger partial charge in [0.1, 0.15) is 23.0 Å². The van der Waals surface area contributed by atoms with Gasteiger partial charge in [0.25, 0.3) is 5.91 Å². The summed E-state index contributed by atoms with van der Waals surface area (Å²) in [5.41, 5.74) is 1.61. The number of sulfonamides is 1. The van der Waals surface area contributed by atoms with Gasteiger partial charge in [-0.1, -0.05) is 25.1 Å². The standard InChI is InChI=1S/C20H17N3O4S/c1-2-18-17(16-5-3-4-6-19(16)27-18)11-13(12-21)20(24)23-14-7-9-15(10-8-14)28(22,25)26/h3-11H,2H2,1H3,(H,23,24)(H2,22,25,26)/b13-11+. The van der Waals surface area contributed by atoms with Gasteiger partial charge in [-0.2, -0.15) is 5.26 Å². The Morgan fingerprint density at radius 3 is 2.50 bits per heavy atom. The summed E-state index contributed by atoms with van der Waals surface area (Å²) in [6.45, 7) is 1.92. The van der Waals surface area contributed by atoms with E-state index in [1.165, 1.54) is 30.3 Å². The van der Waals surface area contributed by atoms with Gasteiger partial charge in [0, 0.05) is 23.1 Å². The second-order valence-electron chi connectivity index (χ2n) is 5.98. The van der Waals surface area contributed by atoms with Crippen LogP contribution >= 0.6 is 0 Å². The SMILES string of the molecule is CCc1oc2ccccc2c1/C=C(\C#N)C(=O)Nc1ccc(S(N)(=O)=O)cc1. The Labute approximate surface area is 162 Å². The third-order valence-electron chi connectivity index (χ3n) is 4.13. The highest BCUT2D eigenvalue weighted by Crippen LogP contribution is 2.28. The van der Waals surface area contributed by atoms with Crippen LogP contribution in [0.15, 0.2) is 63.4 Å². The summed E-state index contributed by atoms with van der Waals surface area (Å²) < 4.78 is 28.4. The number of aryl methyl sites for hydroxylation is 1. The second kappa shape index (κ2) is 7.68. The number of para-hydroxylation sites is 1. The van der Waals surface area contributed by atoms with E-state index in [0.29, 0.717) is 29.0 Å². The fourth-order valence-corrected chi connectivity index (χ4v) is 3.27. The number of hydrogen-bond donors (Lipinski definition) is 2. The van der Waals surface area contributed by atoms with Crippen molar-refractivity contribution in [3.8, 4) is 6.07 Å². The van der Waals surface area contributed by atoms with Gasteiger partial charge in [-0.25, -0.2) is 13.6 Å². The first-order chi connectivity index (χ1) is 13.3. The van der Waals surface area contributed by atoms with Crippen LogP contribution in [-0.4, -0.2) is 14.3 Å². The maximum absolute atomic E-state index is 12.5. The van der Waals surface area contributed by atoms with Gasteiger partial charge in [0.15, 0.2) is 0 Å². The minimum atomic E-state index is -3.82. The molecule has 28 heavy (non-hydrogen) atoms. The maximum Gasteiger partial charge on any atom is 0.266 e. The van der Waals surface area contributed by atoms with Crippen molar-refractivity contribution in [3.05, 3.63) is 65.4 Å². The van der Waals surface area contributed by atoms with E-state index in [1.807, 2.05) is 37.3 Å². The Balaban J connectivity index is 1.92. The number of nitrogens with zero attached hydrogens (tertiary/aromatic N) is 1. The van der Waals surface area contributed by atoms with Crippen molar-refractivity contribution >= 4 is 38.7 Å². The van der Waals surface area contributed by atoms with E-state index in [4.69, 9.17) is 9.56 Å². The highest BCUT2D eigenvalue weighted by atomic mass is 32.2. The Morgan fingerprint density at radius 2 is 1.89 bits per heavy atom. The Hall–Kier alpha value is -3.41. The number of furan rings is 1. The number of amides is 1. The van der Waals surface area contributed by atoms with Crippen molar-refractivity contribution in [1.29, 1.82) is 5.26 Å². The molecule has 0 bridgehead atoms. The van der Waals surface area contributed by atoms with Gasteiger partial charge < -0.3 is 9.73 Å². The van der Waals surface area contributed by atoms with Gasteiger partial charge in [-0.15, -0.1) is 0 Å². The lowest BCUT2D eigenvalue weighted by Gasteiger charge is -2.05. The van der Waals surface area contributed by atoms with Crippen molar-refractivity contribution < 1.29 is 17.6 Å². The predicted molar refractivity (Wildman–Crippen MR) is 106 cm³/mol. The first kappa shape index (κ1) is 19.4. The van der Waals surface area contributed by atoms with Crippen LogP contribution in [0, 0.1) is 11.3 Å². The average Bonchev–Trinajstić information content (AvgIpc) is 3.03. The molecule has 142 valence electrons. The van der Waals surface area contributed by atoms with Gasteiger partial charge in [-0.05, 0) is 36.4 Å². The number of fused-ring (bicyclic) bond motifs is 1. The van der Waals surface area contributed by atoms with E-state index in [-0.39, 0.29) is 10.5 Å². The number of anilines is 1. The largest absolute Gasteiger partial charge is 0.460 e. The minimum Gasteiger partial charge on any atom is -0.460 e. The van der Waals surface area contributed by atoms with Gasteiger partial charge in [0.05, 0.1) is 4.90 Å². The van der Waals surface area contributed by atoms with E-state index in [9.17, 15) is 18.5 Å². The number of benzene rings is 2. The molecule has 0 radical (unpaired) electrons. The highest BCUT2D eigenvalue weighted by Gasteiger charge is 2.16. The van der Waals surface area contributed by atoms with Crippen molar-refractivity contribution in [3.63, 3.8) is 0 Å². The lowest BCUT2D eigenvalue weighted by atomic mass is 10.1. The van der Waals surface area contributed by atoms with E-state index < -0.39 is 15.9 Å². The summed E-state index contributed by atoms with van der Waals surface area (Å²) in [5, 5.41) is 17.9. The molecule has 1 heterocycles. The van der Waals surface area contributed by atoms with E-state index in [0.717, 1.165) is 5.39 Å². The zero-order chi connectivity index (χ0) is 20.3. The summed E-state index contributed by atoms with van der Waals surface area (Å²) in [4.78, 5) is 12.4. The number of carbonyl (C=O) groups excluding carboxylic acids is 1. The fourth-order valence-electron chi connectivity index (χ4n) is 2.76. The quantitative estimate of drug-likeness (QED) is 0.507. The molecule has 3 N–H and O–H groups in total. The molecule has 0 unspecified atom stereocenters. The monoisotopic (exact) mass is 395 g/mol. The summed E-state index contributed by atoms with van der Waals surface area (Å²) >= 11 is 0. The number of rotatable bonds is 5. The second-order valence-corrected chi connectivity index (χ2v) is 7.54. The topological polar surface area (TPSA) is 126 Å². The van der Waals surface area contributed by atoms with Crippen molar-refractivity contribution in [2.45, 2.75) is 18.2 Å². The first-order valence-electron chi connectivity index (χ1n) is 8.40. The lowest BCUT2D eigenvalue weighted by molar-refractivity contribution is -0.112. The predicted octanol–water partition coefficient (Wildman–Crippen LogP) is 3.19. The molecule has 0 fully saturated rings. The van der Waals surface area contributed by atoms with Crippen LogP contribution in [-0.2, 0) is 21.2 Å². The van der Waals surface area contributed by atoms with E-state index in [1.54, 1.807) is 0 Å². The smallest absolute Gasteiger partial charge is 0.266 e. The summed E-state index contributed by atoms with van der Waals surface area (Å²) in [7, 11) is -3.82. The first-order valence-corrected chi connectivity index (χ1v) is 9.94. The molecule has 0 saturated carbocycles. The number of hydrogen-bond acceptors (Lipinski definition) is 5. The van der Waals surface area contributed by atoms with Crippen LogP contribution in [0.5, 0.6) is 0 Å². The molecule has 0 spiro atoms. The molecule has 0 saturated heterocycles. The van der Waals surface area contributed by atoms with Gasteiger partial charge >= 0.3 is 0 Å². The fraction of sp³-hybridized carbons (Fsp3) is 0.100. The summed E-state index contributed by atoms with van der Waals surface area (Å²) in [6.07, 6.45) is 2.11. The van der Waals surface area contributed by atoms with E-state index >= 15 is 0 Å². The Kier molecular flexibility index (Phi) is 5.31. The molecule has 0 aliphatic rings. The number of primary sulfonamides is 1. The molecule has 0 aliphatic carbocycles. The van der Waals surface area contributed by atoms with Gasteiger partial charge in [-0.3, -0.25) is 4.79 Å². The zero-order valence-electron chi connectivity index (χ0n) is 15.0. The van der Waals surface area contributed by atoms with Crippen LogP contribution in [0.25, 0.3) is 17.0 Å². The Morgan fingerprint density at radius 1 is 1.21 bits per heavy atom. The number of nitrogens with two attached hydrogens (primary N) is 1. The molecule has 3 rings (SSSR count). The molecule has 3 aromatic rings. The molecule has 7 nitrogen and oxygen atoms in total. The third kappa shape index (κ3) is 3.96. The van der Waals surface area contributed by atoms with Crippen LogP contribution in [0.3, 0.4) is 0 Å². The van der Waals surface area contributed by atoms with Crippen LogP contribution < -0.4 is 10.5 Å². The summed E-state index contributed by atoms with van der Waals surface area (Å²) in [5.74, 6) is 0.0671. The summed E-state index contributed by atoms with van der Waals surface area (Å²) in [6, 6.07) is 14.7. The highest BCUT2D eigenvalue weighted by molar-refractivity contribution is 7.89. The lowest BCUT2D eigenvalue weighted by Crippen LogP contribution is -2.14. The normalized spacial score (nSPS) is 12.0. The van der Waals surface area contributed by atoms with E-state index in [2.05, 4.69) is 5.32 Å². The van der Waals surface area contributed by atoms with Crippen LogP contribution in [0.2, 0.25) is 0 Å². The molecular weight excluding hydrogens is 378 g/mol. The molecule has 2 aromatic carbocycles. The molecular formula is C20H17N3O4S. The molecule has 1 amide bonds. The van der Waals surface area contributed by atoms with Gasteiger partial charge in [0.2, 0.25) is 10.0 Å². The number of nitriles is 1. The Bertz CT molecular complexity index is 1220. The maximum atomic E-state index is 12.5. The zero-order valence-corrected chi connectivity index (χ0v) is 15.8. The van der Waals surface area contributed by atoms with Crippen LogP contribution in [0.1, 0.15) is 18.2 Å². The molecule has 0 atom stereocenters.